The van der Waals surface area contributed by atoms with Crippen LogP contribution >= 0.6 is 0 Å². The van der Waals surface area contributed by atoms with Crippen LogP contribution in [0.5, 0.6) is 5.75 Å². The van der Waals surface area contributed by atoms with Crippen LogP contribution in [0.25, 0.3) is 0 Å². The Labute approximate surface area is 77.8 Å². The monoisotopic (exact) mass is 179 g/mol. The second-order valence-electron chi connectivity index (χ2n) is 2.55. The van der Waals surface area contributed by atoms with Gasteiger partial charge in [0.2, 0.25) is 0 Å². The van der Waals surface area contributed by atoms with E-state index in [0.29, 0.717) is 6.61 Å². The molecule has 1 aromatic rings. The number of ether oxygens (including phenoxy) is 1. The first-order valence-electron chi connectivity index (χ1n) is 4.24. The Kier molecular flexibility index (Phi) is 4.03. The van der Waals surface area contributed by atoms with Crippen molar-refractivity contribution in [2.24, 2.45) is 0 Å². The number of benzene rings is 1. The molecule has 1 rings (SSSR count). The van der Waals surface area contributed by atoms with Gasteiger partial charge in [-0.3, -0.25) is 0 Å². The van der Waals surface area contributed by atoms with Crippen molar-refractivity contribution >= 4 is 0 Å². The molecule has 0 bridgehead atoms. The summed E-state index contributed by atoms with van der Waals surface area (Å²) in [5, 5.41) is 0. The third-order valence-corrected chi connectivity index (χ3v) is 1.55. The summed E-state index contributed by atoms with van der Waals surface area (Å²) in [5.74, 6) is -0.157. The fourth-order valence-corrected chi connectivity index (χ4v) is 0.916. The zero-order valence-corrected chi connectivity index (χ0v) is 7.59. The third kappa shape index (κ3) is 3.28. The molecule has 69 valence electrons. The fraction of sp³-hybridized carbons (Fsp3) is 0.273. The van der Waals surface area contributed by atoms with E-state index in [4.69, 9.17) is 4.74 Å². The van der Waals surface area contributed by atoms with Crippen LogP contribution in [-0.2, 0) is 0 Å². The number of hydrogen-bond acceptors (Lipinski definition) is 1. The summed E-state index contributed by atoms with van der Waals surface area (Å²) in [7, 11) is 0. The molecule has 0 spiro atoms. The molecule has 0 N–H and O–H groups in total. The van der Waals surface area contributed by atoms with E-state index in [0.717, 1.165) is 6.42 Å². The molecule has 0 aromatic heterocycles. The van der Waals surface area contributed by atoms with Crippen LogP contribution in [0, 0.1) is 11.9 Å². The Hall–Kier alpha value is -1.31. The van der Waals surface area contributed by atoms with E-state index in [2.05, 4.69) is 6.07 Å². The molecule has 0 fully saturated rings. The van der Waals surface area contributed by atoms with Crippen LogP contribution in [-0.4, -0.2) is 6.61 Å². The Bertz CT molecular complexity index is 281. The molecular formula is C11H12FO. The van der Waals surface area contributed by atoms with Crippen LogP contribution in [0.15, 0.2) is 30.4 Å². The second kappa shape index (κ2) is 5.36. The molecule has 0 unspecified atom stereocenters. The van der Waals surface area contributed by atoms with Crippen molar-refractivity contribution in [1.29, 1.82) is 0 Å². The highest BCUT2D eigenvalue weighted by Gasteiger charge is 1.99. The van der Waals surface area contributed by atoms with Gasteiger partial charge in [-0.25, -0.2) is 4.39 Å². The lowest BCUT2D eigenvalue weighted by Crippen LogP contribution is -1.97. The molecule has 0 saturated carbocycles. The number of halogens is 1. The maximum atomic E-state index is 12.9. The molecule has 0 atom stereocenters. The van der Waals surface area contributed by atoms with Crippen molar-refractivity contribution in [2.45, 2.75) is 13.3 Å². The predicted molar refractivity (Wildman–Crippen MR) is 50.2 cm³/mol. The summed E-state index contributed by atoms with van der Waals surface area (Å²) >= 11 is 0. The van der Waals surface area contributed by atoms with Crippen molar-refractivity contribution in [2.75, 3.05) is 6.61 Å². The van der Waals surface area contributed by atoms with Crippen LogP contribution < -0.4 is 4.74 Å². The van der Waals surface area contributed by atoms with Gasteiger partial charge < -0.3 is 4.74 Å². The molecule has 2 heteroatoms. The van der Waals surface area contributed by atoms with Gasteiger partial charge in [0, 0.05) is 6.07 Å². The minimum Gasteiger partial charge on any atom is -0.490 e. The maximum absolute atomic E-state index is 12.9. The van der Waals surface area contributed by atoms with E-state index >= 15 is 0 Å². The van der Waals surface area contributed by atoms with E-state index in [1.54, 1.807) is 12.1 Å². The summed E-state index contributed by atoms with van der Waals surface area (Å²) in [6, 6.07) is 7.25. The number of allylic oxidation sites excluding steroid dienone is 1. The van der Waals surface area contributed by atoms with Crippen molar-refractivity contribution < 1.29 is 9.13 Å². The lowest BCUT2D eigenvalue weighted by molar-refractivity contribution is 0.307. The molecule has 1 aromatic carbocycles. The van der Waals surface area contributed by atoms with Gasteiger partial charge in [0.1, 0.15) is 0 Å². The lowest BCUT2D eigenvalue weighted by atomic mass is 10.3. The highest BCUT2D eigenvalue weighted by Crippen LogP contribution is 2.14. The first-order chi connectivity index (χ1) is 6.34. The minimum atomic E-state index is -0.428. The SMILES string of the molecule is CC=CCCOc1ccc[c]c1F. The number of hydrogen-bond donors (Lipinski definition) is 0. The van der Waals surface area contributed by atoms with Gasteiger partial charge in [-0.05, 0) is 19.4 Å². The molecule has 13 heavy (non-hydrogen) atoms. The quantitative estimate of drug-likeness (QED) is 0.510. The van der Waals surface area contributed by atoms with Gasteiger partial charge in [-0.2, -0.15) is 0 Å². The average Bonchev–Trinajstić information content (AvgIpc) is 2.15. The first-order valence-corrected chi connectivity index (χ1v) is 4.24. The van der Waals surface area contributed by atoms with Crippen LogP contribution in [0.2, 0.25) is 0 Å². The second-order valence-corrected chi connectivity index (χ2v) is 2.55. The maximum Gasteiger partial charge on any atom is 0.172 e. The van der Waals surface area contributed by atoms with E-state index in [-0.39, 0.29) is 5.75 Å². The van der Waals surface area contributed by atoms with Gasteiger partial charge in [0.25, 0.3) is 0 Å². The Morgan fingerprint density at radius 3 is 3.15 bits per heavy atom. The van der Waals surface area contributed by atoms with Crippen LogP contribution in [0.1, 0.15) is 13.3 Å². The summed E-state index contributed by atoms with van der Waals surface area (Å²) < 4.78 is 18.1. The lowest BCUT2D eigenvalue weighted by Gasteiger charge is -2.04. The van der Waals surface area contributed by atoms with Crippen molar-refractivity contribution in [3.05, 3.63) is 42.2 Å². The van der Waals surface area contributed by atoms with Crippen LogP contribution in [0.4, 0.5) is 4.39 Å². The van der Waals surface area contributed by atoms with Crippen molar-refractivity contribution in [1.82, 2.24) is 0 Å². The third-order valence-electron chi connectivity index (χ3n) is 1.55. The van der Waals surface area contributed by atoms with Gasteiger partial charge in [-0.1, -0.05) is 24.3 Å². The number of rotatable bonds is 4. The Morgan fingerprint density at radius 1 is 1.62 bits per heavy atom. The summed E-state index contributed by atoms with van der Waals surface area (Å²) in [4.78, 5) is 0. The molecule has 1 radical (unpaired) electrons. The highest BCUT2D eigenvalue weighted by molar-refractivity contribution is 5.22. The first kappa shape index (κ1) is 9.78. The molecule has 0 aliphatic carbocycles. The highest BCUT2D eigenvalue weighted by atomic mass is 19.1. The molecule has 0 aliphatic rings. The summed E-state index contributed by atoms with van der Waals surface area (Å²) in [5.41, 5.74) is 0. The average molecular weight is 179 g/mol. The summed E-state index contributed by atoms with van der Waals surface area (Å²) in [6.07, 6.45) is 4.71. The van der Waals surface area contributed by atoms with E-state index in [1.807, 2.05) is 19.1 Å². The van der Waals surface area contributed by atoms with Gasteiger partial charge in [0.15, 0.2) is 11.6 Å². The minimum absolute atomic E-state index is 0.270. The molecular weight excluding hydrogens is 167 g/mol. The Morgan fingerprint density at radius 2 is 2.46 bits per heavy atom. The van der Waals surface area contributed by atoms with Crippen LogP contribution in [0.3, 0.4) is 0 Å². The molecule has 0 saturated heterocycles. The molecule has 0 heterocycles. The van der Waals surface area contributed by atoms with E-state index in [9.17, 15) is 4.39 Å². The fourth-order valence-electron chi connectivity index (χ4n) is 0.916. The van der Waals surface area contributed by atoms with Gasteiger partial charge >= 0.3 is 0 Å². The topological polar surface area (TPSA) is 9.23 Å². The predicted octanol–water partition coefficient (Wildman–Crippen LogP) is 2.97. The molecule has 0 amide bonds. The largest absolute Gasteiger partial charge is 0.490 e. The zero-order chi connectivity index (χ0) is 9.52. The van der Waals surface area contributed by atoms with Gasteiger partial charge in [0.05, 0.1) is 6.61 Å². The summed E-state index contributed by atoms with van der Waals surface area (Å²) in [6.45, 7) is 2.44. The molecule has 0 aliphatic heterocycles. The standard InChI is InChI=1S/C11H12FO/c1-2-3-6-9-13-11-8-5-4-7-10(11)12/h2-5,8H,6,9H2,1H3. The van der Waals surface area contributed by atoms with Gasteiger partial charge in [-0.15, -0.1) is 0 Å². The van der Waals surface area contributed by atoms with E-state index in [1.165, 1.54) is 6.07 Å². The zero-order valence-electron chi connectivity index (χ0n) is 7.59. The molecule has 1 nitrogen and oxygen atoms in total. The van der Waals surface area contributed by atoms with Crippen molar-refractivity contribution in [3.8, 4) is 5.75 Å². The van der Waals surface area contributed by atoms with E-state index < -0.39 is 5.82 Å². The Balaban J connectivity index is 2.41. The smallest absolute Gasteiger partial charge is 0.172 e. The normalized spacial score (nSPS) is 10.6. The van der Waals surface area contributed by atoms with Crippen molar-refractivity contribution in [3.63, 3.8) is 0 Å².